The minimum absolute atomic E-state index is 0.0447. The Balaban J connectivity index is 1.24. The number of nitrogens with two attached hydrogens (primary N) is 1. The van der Waals surface area contributed by atoms with E-state index in [1.807, 2.05) is 18.2 Å². The lowest BCUT2D eigenvalue weighted by atomic mass is 9.73. The molecule has 0 bridgehead atoms. The summed E-state index contributed by atoms with van der Waals surface area (Å²) in [5.41, 5.74) is 9.44. The standard InChI is InChI=1S/C33H33ClFN5O4/c1-33(32(36)42)16-44-30-23(33)14-27(38-29(30)19-8-9-25(35)24(34)11-19)22(17-4-3-5-17)15-37-31(41)20-10-21-13-26(18-6-7-18)39-40(21)28(12-20)43-2/h8-14,17-18,22H,3-7,15-16H2,1-2H3,(H2,36,42)(H,37,41)/t22-,33-/m0/s1. The molecule has 3 aromatic heterocycles. The number of primary amides is 1. The molecule has 1 aromatic carbocycles. The first-order valence-corrected chi connectivity index (χ1v) is 15.3. The molecule has 9 nitrogen and oxygen atoms in total. The van der Waals surface area contributed by atoms with Crippen LogP contribution in [-0.4, -0.2) is 46.7 Å². The number of carbonyl (C=O) groups excluding carboxylic acids is 2. The fourth-order valence-electron chi connectivity index (χ4n) is 6.24. The van der Waals surface area contributed by atoms with Gasteiger partial charge in [0.15, 0.2) is 0 Å². The number of ether oxygens (including phenoxy) is 2. The first kappa shape index (κ1) is 28.6. The van der Waals surface area contributed by atoms with Crippen molar-refractivity contribution in [3.05, 3.63) is 75.8 Å². The van der Waals surface area contributed by atoms with Crippen LogP contribution in [-0.2, 0) is 10.2 Å². The van der Waals surface area contributed by atoms with Crippen LogP contribution in [0.5, 0.6) is 11.6 Å². The number of methoxy groups -OCH3 is 1. The Morgan fingerprint density at radius 3 is 2.66 bits per heavy atom. The van der Waals surface area contributed by atoms with Crippen molar-refractivity contribution in [2.45, 2.75) is 56.3 Å². The second kappa shape index (κ2) is 10.8. The van der Waals surface area contributed by atoms with Crippen molar-refractivity contribution < 1.29 is 23.5 Å². The van der Waals surface area contributed by atoms with Crippen molar-refractivity contribution in [2.75, 3.05) is 20.3 Å². The van der Waals surface area contributed by atoms with Gasteiger partial charge in [0.05, 0.1) is 23.3 Å². The minimum atomic E-state index is -1.07. The number of hydrogen-bond donors (Lipinski definition) is 2. The first-order valence-electron chi connectivity index (χ1n) is 15.0. The van der Waals surface area contributed by atoms with Gasteiger partial charge in [-0.2, -0.15) is 5.10 Å². The lowest BCUT2D eigenvalue weighted by molar-refractivity contribution is -0.123. The van der Waals surface area contributed by atoms with Crippen molar-refractivity contribution in [1.29, 1.82) is 0 Å². The van der Waals surface area contributed by atoms with Gasteiger partial charge in [0.1, 0.15) is 29.3 Å². The average molecular weight is 618 g/mol. The highest BCUT2D eigenvalue weighted by Crippen LogP contribution is 2.47. The van der Waals surface area contributed by atoms with Gasteiger partial charge >= 0.3 is 0 Å². The van der Waals surface area contributed by atoms with E-state index in [0.29, 0.717) is 52.2 Å². The molecule has 2 amide bonds. The minimum Gasteiger partial charge on any atom is -0.489 e. The van der Waals surface area contributed by atoms with Gasteiger partial charge in [-0.1, -0.05) is 18.0 Å². The summed E-state index contributed by atoms with van der Waals surface area (Å²) in [7, 11) is 1.57. The van der Waals surface area contributed by atoms with Crippen LogP contribution in [0.1, 0.15) is 78.2 Å². The third kappa shape index (κ3) is 4.85. The maximum atomic E-state index is 14.1. The molecule has 0 spiro atoms. The van der Waals surface area contributed by atoms with Crippen LogP contribution in [0.25, 0.3) is 16.8 Å². The molecule has 2 fully saturated rings. The second-order valence-electron chi connectivity index (χ2n) is 12.4. The lowest BCUT2D eigenvalue weighted by Crippen LogP contribution is -2.40. The SMILES string of the molecule is COc1cc(C(=O)NC[C@H](c2cc3c(c(-c4ccc(F)c(Cl)c4)n2)OC[C@]3(C)C(N)=O)C2CCC2)cc2cc(C3CC3)nn12. The zero-order valence-electron chi connectivity index (χ0n) is 24.5. The van der Waals surface area contributed by atoms with Crippen molar-refractivity contribution in [3.8, 4) is 22.9 Å². The van der Waals surface area contributed by atoms with Gasteiger partial charge < -0.3 is 20.5 Å². The average Bonchev–Trinajstić information content (AvgIpc) is 3.66. The monoisotopic (exact) mass is 617 g/mol. The summed E-state index contributed by atoms with van der Waals surface area (Å²) in [4.78, 5) is 31.2. The van der Waals surface area contributed by atoms with Crippen molar-refractivity contribution >= 4 is 28.9 Å². The summed E-state index contributed by atoms with van der Waals surface area (Å²) in [5, 5.41) is 7.77. The third-order valence-corrected chi connectivity index (χ3v) is 9.71. The fourth-order valence-corrected chi connectivity index (χ4v) is 6.42. The third-order valence-electron chi connectivity index (χ3n) is 9.42. The zero-order chi connectivity index (χ0) is 30.7. The Morgan fingerprint density at radius 2 is 2.00 bits per heavy atom. The summed E-state index contributed by atoms with van der Waals surface area (Å²) < 4.78 is 27.4. The van der Waals surface area contributed by atoms with Crippen LogP contribution < -0.4 is 20.5 Å². The predicted octanol–water partition coefficient (Wildman–Crippen LogP) is 5.52. The molecule has 3 aliphatic rings. The number of nitrogens with zero attached hydrogens (tertiary/aromatic N) is 3. The van der Waals surface area contributed by atoms with Gasteiger partial charge in [0.2, 0.25) is 11.8 Å². The number of rotatable bonds is 9. The van der Waals surface area contributed by atoms with Crippen LogP contribution >= 0.6 is 11.6 Å². The first-order chi connectivity index (χ1) is 21.2. The molecule has 44 heavy (non-hydrogen) atoms. The molecule has 2 atom stereocenters. The largest absolute Gasteiger partial charge is 0.489 e. The molecule has 4 aromatic rings. The second-order valence-corrected chi connectivity index (χ2v) is 12.8. The van der Waals surface area contributed by atoms with E-state index in [9.17, 15) is 14.0 Å². The Hall–Kier alpha value is -4.18. The van der Waals surface area contributed by atoms with Gasteiger partial charge in [-0.15, -0.1) is 0 Å². The van der Waals surface area contributed by atoms with Gasteiger partial charge in [-0.25, -0.2) is 13.9 Å². The molecular formula is C33H33ClFN5O4. The Kier molecular flexibility index (Phi) is 6.99. The molecule has 3 N–H and O–H groups in total. The number of fused-ring (bicyclic) bond motifs is 2. The van der Waals surface area contributed by atoms with Crippen LogP contribution in [0.15, 0.2) is 42.5 Å². The summed E-state index contributed by atoms with van der Waals surface area (Å²) in [6.45, 7) is 2.14. The van der Waals surface area contributed by atoms with Gasteiger partial charge in [-0.05, 0) is 74.9 Å². The van der Waals surface area contributed by atoms with Gasteiger partial charge in [0.25, 0.3) is 5.91 Å². The molecule has 228 valence electrons. The van der Waals surface area contributed by atoms with Crippen LogP contribution in [0.4, 0.5) is 4.39 Å². The molecule has 2 aliphatic carbocycles. The molecule has 0 unspecified atom stereocenters. The maximum Gasteiger partial charge on any atom is 0.251 e. The highest BCUT2D eigenvalue weighted by molar-refractivity contribution is 6.31. The van der Waals surface area contributed by atoms with Crippen molar-refractivity contribution in [2.24, 2.45) is 11.7 Å². The van der Waals surface area contributed by atoms with Gasteiger partial charge in [0, 0.05) is 46.8 Å². The zero-order valence-corrected chi connectivity index (χ0v) is 25.3. The topological polar surface area (TPSA) is 121 Å². The molecule has 1 aliphatic heterocycles. The van der Waals surface area contributed by atoms with E-state index in [0.717, 1.165) is 43.3 Å². The Morgan fingerprint density at radius 1 is 1.20 bits per heavy atom. The predicted molar refractivity (Wildman–Crippen MR) is 163 cm³/mol. The number of carbonyl (C=O) groups is 2. The van der Waals surface area contributed by atoms with E-state index in [1.54, 1.807) is 30.7 Å². The molecule has 2 saturated carbocycles. The number of amides is 2. The quantitative estimate of drug-likeness (QED) is 0.255. The maximum absolute atomic E-state index is 14.1. The fraction of sp³-hybridized carbons (Fsp3) is 0.394. The van der Waals surface area contributed by atoms with E-state index in [1.165, 1.54) is 12.1 Å². The van der Waals surface area contributed by atoms with Gasteiger partial charge in [-0.3, -0.25) is 9.59 Å². The van der Waals surface area contributed by atoms with Crippen LogP contribution in [0.3, 0.4) is 0 Å². The number of nitrogens with one attached hydrogen (secondary N) is 1. The Bertz CT molecular complexity index is 1820. The van der Waals surface area contributed by atoms with Crippen LogP contribution in [0, 0.1) is 11.7 Å². The van der Waals surface area contributed by atoms with E-state index in [-0.39, 0.29) is 29.4 Å². The summed E-state index contributed by atoms with van der Waals surface area (Å²) in [6.07, 6.45) is 5.31. The van der Waals surface area contributed by atoms with E-state index in [2.05, 4.69) is 10.4 Å². The molecule has 11 heteroatoms. The smallest absolute Gasteiger partial charge is 0.251 e. The van der Waals surface area contributed by atoms with E-state index in [4.69, 9.17) is 31.8 Å². The van der Waals surface area contributed by atoms with Crippen molar-refractivity contribution in [3.63, 3.8) is 0 Å². The molecule has 4 heterocycles. The normalized spacial score (nSPS) is 20.1. The highest BCUT2D eigenvalue weighted by Gasteiger charge is 2.45. The summed E-state index contributed by atoms with van der Waals surface area (Å²) >= 11 is 6.15. The molecule has 0 saturated heterocycles. The lowest BCUT2D eigenvalue weighted by Gasteiger charge is -2.34. The van der Waals surface area contributed by atoms with Crippen molar-refractivity contribution in [1.82, 2.24) is 19.9 Å². The number of pyridine rings is 2. The molecular weight excluding hydrogens is 585 g/mol. The summed E-state index contributed by atoms with van der Waals surface area (Å²) in [5.74, 6) is 0.228. The molecule has 0 radical (unpaired) electrons. The van der Waals surface area contributed by atoms with E-state index >= 15 is 0 Å². The number of aromatic nitrogens is 3. The molecule has 7 rings (SSSR count). The van der Waals surface area contributed by atoms with E-state index < -0.39 is 17.1 Å². The summed E-state index contributed by atoms with van der Waals surface area (Å²) in [6, 6.07) is 11.8. The number of halogens is 2. The number of hydrogen-bond acceptors (Lipinski definition) is 6. The Labute approximate surface area is 258 Å². The van der Waals surface area contributed by atoms with Crippen LogP contribution in [0.2, 0.25) is 5.02 Å². The number of benzene rings is 1. The highest BCUT2D eigenvalue weighted by atomic mass is 35.5.